The van der Waals surface area contributed by atoms with Crippen LogP contribution in [0.5, 0.6) is 0 Å². The Bertz CT molecular complexity index is 3790. The molecule has 268 valence electrons. The largest absolute Gasteiger partial charge is 0.310 e. The summed E-state index contributed by atoms with van der Waals surface area (Å²) in [5, 5.41) is 20.6. The Balaban J connectivity index is 1.11. The summed E-state index contributed by atoms with van der Waals surface area (Å²) in [5.41, 5.74) is 5.82. The van der Waals surface area contributed by atoms with Crippen LogP contribution in [0.1, 0.15) is 0 Å². The summed E-state index contributed by atoms with van der Waals surface area (Å²) in [6.45, 7) is 0. The number of thiophene rings is 1. The summed E-state index contributed by atoms with van der Waals surface area (Å²) < 4.78 is 2.60. The van der Waals surface area contributed by atoms with E-state index in [0.717, 1.165) is 17.1 Å². The summed E-state index contributed by atoms with van der Waals surface area (Å²) in [7, 11) is 0. The second-order valence-corrected chi connectivity index (χ2v) is 16.7. The molecule has 0 saturated heterocycles. The van der Waals surface area contributed by atoms with Crippen LogP contribution in [0.2, 0.25) is 0 Å². The second kappa shape index (κ2) is 12.1. The van der Waals surface area contributed by atoms with Crippen LogP contribution in [0, 0.1) is 0 Å². The molecule has 0 aliphatic heterocycles. The van der Waals surface area contributed by atoms with E-state index in [1.807, 2.05) is 11.3 Å². The molecular formula is C56H33NS. The van der Waals surface area contributed by atoms with Gasteiger partial charge in [0.25, 0.3) is 0 Å². The highest BCUT2D eigenvalue weighted by molar-refractivity contribution is 7.25. The first kappa shape index (κ1) is 31.9. The molecule has 0 radical (unpaired) electrons. The quantitative estimate of drug-likeness (QED) is 0.162. The Morgan fingerprint density at radius 2 is 0.776 bits per heavy atom. The third kappa shape index (κ3) is 4.64. The third-order valence-electron chi connectivity index (χ3n) is 12.5. The van der Waals surface area contributed by atoms with E-state index in [9.17, 15) is 0 Å². The normalized spacial score (nSPS) is 12.1. The summed E-state index contributed by atoms with van der Waals surface area (Å²) in [5.74, 6) is 0. The molecular weight excluding hydrogens is 719 g/mol. The lowest BCUT2D eigenvalue weighted by Gasteiger charge is -2.27. The maximum atomic E-state index is 2.47. The summed E-state index contributed by atoms with van der Waals surface area (Å²) in [6.07, 6.45) is 0. The molecule has 0 unspecified atom stereocenters. The Morgan fingerprint density at radius 3 is 1.50 bits per heavy atom. The minimum Gasteiger partial charge on any atom is -0.310 e. The zero-order chi connectivity index (χ0) is 37.9. The van der Waals surface area contributed by atoms with Crippen LogP contribution in [0.25, 0.3) is 107 Å². The molecule has 1 heterocycles. The number of hydrogen-bond acceptors (Lipinski definition) is 2. The Kier molecular flexibility index (Phi) is 6.66. The van der Waals surface area contributed by atoms with Gasteiger partial charge in [0, 0.05) is 37.2 Å². The zero-order valence-corrected chi connectivity index (χ0v) is 32.2. The van der Waals surface area contributed by atoms with Crippen LogP contribution in [0.4, 0.5) is 17.1 Å². The highest BCUT2D eigenvalue weighted by Crippen LogP contribution is 2.47. The minimum absolute atomic E-state index is 1.12. The average Bonchev–Trinajstić information content (AvgIpc) is 3.65. The molecule has 0 bridgehead atoms. The van der Waals surface area contributed by atoms with Crippen molar-refractivity contribution in [3.8, 4) is 11.1 Å². The van der Waals surface area contributed by atoms with E-state index in [-0.39, 0.29) is 0 Å². The minimum atomic E-state index is 1.12. The van der Waals surface area contributed by atoms with Crippen molar-refractivity contribution in [1.82, 2.24) is 0 Å². The summed E-state index contributed by atoms with van der Waals surface area (Å²) >= 11 is 1.87. The fourth-order valence-electron chi connectivity index (χ4n) is 9.87. The van der Waals surface area contributed by atoms with Gasteiger partial charge in [0.2, 0.25) is 0 Å². The van der Waals surface area contributed by atoms with Crippen molar-refractivity contribution in [3.05, 3.63) is 200 Å². The van der Waals surface area contributed by atoms with Gasteiger partial charge in [0.15, 0.2) is 0 Å². The summed E-state index contributed by atoms with van der Waals surface area (Å²) in [4.78, 5) is 2.47. The van der Waals surface area contributed by atoms with E-state index in [2.05, 4.69) is 205 Å². The number of nitrogens with zero attached hydrogens (tertiary/aromatic N) is 1. The van der Waals surface area contributed by atoms with E-state index in [1.54, 1.807) is 0 Å². The maximum Gasteiger partial charge on any atom is 0.0476 e. The highest BCUT2D eigenvalue weighted by Gasteiger charge is 2.20. The second-order valence-electron chi connectivity index (χ2n) is 15.7. The molecule has 0 spiro atoms. The van der Waals surface area contributed by atoms with Crippen LogP contribution >= 0.6 is 11.3 Å². The van der Waals surface area contributed by atoms with Gasteiger partial charge in [-0.2, -0.15) is 0 Å². The first-order valence-corrected chi connectivity index (χ1v) is 20.8. The van der Waals surface area contributed by atoms with Crippen molar-refractivity contribution in [2.24, 2.45) is 0 Å². The zero-order valence-electron chi connectivity index (χ0n) is 31.4. The van der Waals surface area contributed by atoms with Gasteiger partial charge in [-0.3, -0.25) is 0 Å². The van der Waals surface area contributed by atoms with Crippen LogP contribution in [0.3, 0.4) is 0 Å². The molecule has 13 rings (SSSR count). The first-order chi connectivity index (χ1) is 28.7. The third-order valence-corrected chi connectivity index (χ3v) is 13.6. The SMILES string of the molecule is c1ccc2cc(-c3ccc(N(c4ccc5c(c4)sc4ccccc45)c4cc5ccc6cccc7c8cccc9ccc%10cccc(c(c4)c5c67)c%10c98)cc3)ccc2c1. The van der Waals surface area contributed by atoms with Gasteiger partial charge in [0.1, 0.15) is 0 Å². The number of benzene rings is 11. The standard InChI is InChI=1S/C56H33NS/c1-2-9-39-30-40(22-18-34(39)8-1)35-24-26-42(27-25-35)57(43-28-29-46-45-13-3-4-17-51(45)58-52(46)33-43)44-31-41-23-21-38-11-6-15-48-47-14-5-10-36-19-20-37-12-7-16-49(55(37)53(36)47)50(32-44)56(41)54(38)48/h1-33H. The fourth-order valence-corrected chi connectivity index (χ4v) is 11.0. The van der Waals surface area contributed by atoms with Crippen LogP contribution < -0.4 is 4.90 Å². The van der Waals surface area contributed by atoms with Crippen molar-refractivity contribution in [2.75, 3.05) is 4.90 Å². The topological polar surface area (TPSA) is 3.24 Å². The molecule has 0 saturated carbocycles. The molecule has 0 aliphatic carbocycles. The Labute approximate surface area is 338 Å². The summed E-state index contributed by atoms with van der Waals surface area (Å²) in [6, 6.07) is 74.9. The maximum absolute atomic E-state index is 2.47. The molecule has 1 nitrogen and oxygen atoms in total. The molecule has 0 N–H and O–H groups in total. The fraction of sp³-hybridized carbons (Fsp3) is 0. The lowest BCUT2D eigenvalue weighted by Crippen LogP contribution is -2.10. The molecule has 0 amide bonds. The van der Waals surface area contributed by atoms with Crippen molar-refractivity contribution >= 4 is 124 Å². The van der Waals surface area contributed by atoms with Crippen LogP contribution in [-0.4, -0.2) is 0 Å². The van der Waals surface area contributed by atoms with Gasteiger partial charge in [-0.1, -0.05) is 152 Å². The number of hydrogen-bond donors (Lipinski definition) is 0. The predicted octanol–water partition coefficient (Wildman–Crippen LogP) is 16.7. The van der Waals surface area contributed by atoms with Gasteiger partial charge in [-0.25, -0.2) is 0 Å². The molecule has 58 heavy (non-hydrogen) atoms. The van der Waals surface area contributed by atoms with E-state index >= 15 is 0 Å². The van der Waals surface area contributed by atoms with E-state index in [1.165, 1.54) is 107 Å². The van der Waals surface area contributed by atoms with Gasteiger partial charge < -0.3 is 4.90 Å². The molecule has 13 aromatic rings. The lowest BCUT2D eigenvalue weighted by atomic mass is 9.87. The number of anilines is 3. The van der Waals surface area contributed by atoms with Crippen molar-refractivity contribution < 1.29 is 0 Å². The molecule has 0 aliphatic rings. The lowest BCUT2D eigenvalue weighted by molar-refractivity contribution is 1.30. The van der Waals surface area contributed by atoms with Crippen LogP contribution in [0.15, 0.2) is 200 Å². The average molecular weight is 752 g/mol. The van der Waals surface area contributed by atoms with E-state index in [0.29, 0.717) is 0 Å². The van der Waals surface area contributed by atoms with Gasteiger partial charge >= 0.3 is 0 Å². The van der Waals surface area contributed by atoms with Crippen molar-refractivity contribution in [3.63, 3.8) is 0 Å². The van der Waals surface area contributed by atoms with Gasteiger partial charge in [-0.05, 0) is 135 Å². The predicted molar refractivity (Wildman–Crippen MR) is 253 cm³/mol. The molecule has 0 fully saturated rings. The number of fused-ring (bicyclic) bond motifs is 6. The van der Waals surface area contributed by atoms with Crippen LogP contribution in [-0.2, 0) is 0 Å². The van der Waals surface area contributed by atoms with Crippen molar-refractivity contribution in [1.29, 1.82) is 0 Å². The first-order valence-electron chi connectivity index (χ1n) is 20.0. The Hall–Kier alpha value is -7.26. The van der Waals surface area contributed by atoms with E-state index < -0.39 is 0 Å². The highest BCUT2D eigenvalue weighted by atomic mass is 32.1. The van der Waals surface area contributed by atoms with Gasteiger partial charge in [0.05, 0.1) is 0 Å². The van der Waals surface area contributed by atoms with Crippen molar-refractivity contribution in [2.45, 2.75) is 0 Å². The molecule has 12 aromatic carbocycles. The monoisotopic (exact) mass is 751 g/mol. The molecule has 0 atom stereocenters. The number of rotatable bonds is 4. The van der Waals surface area contributed by atoms with Gasteiger partial charge in [-0.15, -0.1) is 11.3 Å². The smallest absolute Gasteiger partial charge is 0.0476 e. The Morgan fingerprint density at radius 1 is 0.259 bits per heavy atom. The molecule has 1 aromatic heterocycles. The van der Waals surface area contributed by atoms with E-state index in [4.69, 9.17) is 0 Å². The molecule has 2 heteroatoms.